The zero-order valence-corrected chi connectivity index (χ0v) is 11.5. The van der Waals surface area contributed by atoms with Gasteiger partial charge in [-0.1, -0.05) is 24.3 Å². The molecular weight excluding hydrogens is 271 g/mol. The van der Waals surface area contributed by atoms with Crippen LogP contribution in [0.1, 0.15) is 17.4 Å². The van der Waals surface area contributed by atoms with Crippen LogP contribution in [0.15, 0.2) is 52.9 Å². The smallest absolute Gasteiger partial charge is 0.170 e. The Kier molecular flexibility index (Phi) is 3.62. The minimum atomic E-state index is -0.830. The van der Waals surface area contributed by atoms with E-state index in [9.17, 15) is 9.50 Å². The van der Waals surface area contributed by atoms with Gasteiger partial charge in [0.25, 0.3) is 0 Å². The Balaban J connectivity index is 1.86. The van der Waals surface area contributed by atoms with Gasteiger partial charge in [-0.2, -0.15) is 0 Å². The molecule has 0 spiro atoms. The summed E-state index contributed by atoms with van der Waals surface area (Å²) in [6.45, 7) is 0. The van der Waals surface area contributed by atoms with Gasteiger partial charge in [-0.15, -0.1) is 0 Å². The van der Waals surface area contributed by atoms with E-state index in [1.807, 2.05) is 24.3 Å². The van der Waals surface area contributed by atoms with Crippen molar-refractivity contribution in [3.63, 3.8) is 0 Å². The number of fused-ring (bicyclic) bond motifs is 1. The van der Waals surface area contributed by atoms with Crippen LogP contribution in [0.5, 0.6) is 5.75 Å². The second-order valence-electron chi connectivity index (χ2n) is 4.88. The van der Waals surface area contributed by atoms with Gasteiger partial charge in [0, 0.05) is 11.8 Å². The fourth-order valence-electron chi connectivity index (χ4n) is 2.33. The molecule has 1 heterocycles. The Labute approximate surface area is 121 Å². The van der Waals surface area contributed by atoms with Gasteiger partial charge < -0.3 is 14.3 Å². The maximum absolute atomic E-state index is 13.6. The number of benzene rings is 2. The van der Waals surface area contributed by atoms with E-state index in [0.29, 0.717) is 17.6 Å². The van der Waals surface area contributed by atoms with Gasteiger partial charge in [0.1, 0.15) is 17.6 Å². The van der Waals surface area contributed by atoms with Crippen molar-refractivity contribution in [3.05, 3.63) is 65.7 Å². The number of aliphatic hydroxyl groups excluding tert-OH is 1. The van der Waals surface area contributed by atoms with Crippen LogP contribution in [0, 0.1) is 5.82 Å². The molecule has 1 atom stereocenters. The summed E-state index contributed by atoms with van der Waals surface area (Å²) in [5.41, 5.74) is 1.10. The van der Waals surface area contributed by atoms with E-state index < -0.39 is 11.9 Å². The van der Waals surface area contributed by atoms with E-state index >= 15 is 0 Å². The minimum Gasteiger partial charge on any atom is -0.497 e. The number of methoxy groups -OCH3 is 1. The van der Waals surface area contributed by atoms with Gasteiger partial charge in [0.15, 0.2) is 11.4 Å². The largest absolute Gasteiger partial charge is 0.497 e. The molecule has 21 heavy (non-hydrogen) atoms. The van der Waals surface area contributed by atoms with Crippen LogP contribution >= 0.6 is 0 Å². The molecule has 0 aliphatic rings. The number of para-hydroxylation sites is 1. The van der Waals surface area contributed by atoms with Gasteiger partial charge >= 0.3 is 0 Å². The molecule has 2 aromatic carbocycles. The van der Waals surface area contributed by atoms with Crippen molar-refractivity contribution in [2.45, 2.75) is 12.5 Å². The van der Waals surface area contributed by atoms with Crippen molar-refractivity contribution in [2.24, 2.45) is 0 Å². The highest BCUT2D eigenvalue weighted by Crippen LogP contribution is 2.28. The first kappa shape index (κ1) is 13.6. The molecule has 1 N–H and O–H groups in total. The van der Waals surface area contributed by atoms with Crippen LogP contribution in [0.25, 0.3) is 11.0 Å². The Morgan fingerprint density at radius 2 is 2.00 bits per heavy atom. The standard InChI is InChI=1S/C17H15FO3/c1-20-13-6-2-4-11(8-13)9-15(19)16-10-12-5-3-7-14(18)17(12)21-16/h2-8,10,15,19H,9H2,1H3. The molecular formula is C17H15FO3. The van der Waals surface area contributed by atoms with Crippen LogP contribution in [0.2, 0.25) is 0 Å². The minimum absolute atomic E-state index is 0.178. The normalized spacial score (nSPS) is 12.5. The highest BCUT2D eigenvalue weighted by Gasteiger charge is 2.16. The molecule has 1 aromatic heterocycles. The lowest BCUT2D eigenvalue weighted by Gasteiger charge is -2.08. The molecule has 0 saturated heterocycles. The monoisotopic (exact) mass is 286 g/mol. The summed E-state index contributed by atoms with van der Waals surface area (Å²) >= 11 is 0. The Bertz CT molecular complexity index is 764. The summed E-state index contributed by atoms with van der Waals surface area (Å²) in [5, 5.41) is 10.9. The number of aliphatic hydroxyl groups is 1. The fraction of sp³-hybridized carbons (Fsp3) is 0.176. The Morgan fingerprint density at radius 1 is 1.19 bits per heavy atom. The SMILES string of the molecule is COc1cccc(CC(O)c2cc3cccc(F)c3o2)c1. The number of furan rings is 1. The summed E-state index contributed by atoms with van der Waals surface area (Å²) < 4.78 is 24.2. The molecule has 0 aliphatic heterocycles. The first-order chi connectivity index (χ1) is 10.2. The molecule has 0 fully saturated rings. The van der Waals surface area contributed by atoms with Gasteiger partial charge in [-0.05, 0) is 29.8 Å². The van der Waals surface area contributed by atoms with Gasteiger partial charge in [0.05, 0.1) is 7.11 Å². The van der Waals surface area contributed by atoms with Crippen LogP contribution in [0.3, 0.4) is 0 Å². The highest BCUT2D eigenvalue weighted by molar-refractivity contribution is 5.78. The topological polar surface area (TPSA) is 42.6 Å². The number of hydrogen-bond donors (Lipinski definition) is 1. The highest BCUT2D eigenvalue weighted by atomic mass is 19.1. The van der Waals surface area contributed by atoms with Crippen LogP contribution in [-0.4, -0.2) is 12.2 Å². The second-order valence-corrected chi connectivity index (χ2v) is 4.88. The van der Waals surface area contributed by atoms with Crippen molar-refractivity contribution in [1.82, 2.24) is 0 Å². The Hall–Kier alpha value is -2.33. The third kappa shape index (κ3) is 2.76. The van der Waals surface area contributed by atoms with Crippen molar-refractivity contribution < 1.29 is 18.7 Å². The van der Waals surface area contributed by atoms with Crippen molar-refractivity contribution in [2.75, 3.05) is 7.11 Å². The van der Waals surface area contributed by atoms with Crippen LogP contribution in [0.4, 0.5) is 4.39 Å². The summed E-state index contributed by atoms with van der Waals surface area (Å²) in [6.07, 6.45) is -0.456. The molecule has 4 heteroatoms. The predicted molar refractivity (Wildman–Crippen MR) is 77.8 cm³/mol. The van der Waals surface area contributed by atoms with Crippen molar-refractivity contribution >= 4 is 11.0 Å². The zero-order chi connectivity index (χ0) is 14.8. The van der Waals surface area contributed by atoms with E-state index in [-0.39, 0.29) is 5.58 Å². The van der Waals surface area contributed by atoms with Gasteiger partial charge in [0.2, 0.25) is 0 Å². The summed E-state index contributed by atoms with van der Waals surface area (Å²) in [7, 11) is 1.59. The van der Waals surface area contributed by atoms with Crippen LogP contribution in [-0.2, 0) is 6.42 Å². The van der Waals surface area contributed by atoms with Gasteiger partial charge in [-0.3, -0.25) is 0 Å². The number of hydrogen-bond acceptors (Lipinski definition) is 3. The van der Waals surface area contributed by atoms with E-state index in [1.54, 1.807) is 25.3 Å². The molecule has 3 nitrogen and oxygen atoms in total. The van der Waals surface area contributed by atoms with Crippen molar-refractivity contribution in [1.29, 1.82) is 0 Å². The zero-order valence-electron chi connectivity index (χ0n) is 11.5. The summed E-state index contributed by atoms with van der Waals surface area (Å²) in [5.74, 6) is 0.667. The average molecular weight is 286 g/mol. The molecule has 0 aliphatic carbocycles. The molecule has 3 rings (SSSR count). The third-order valence-corrected chi connectivity index (χ3v) is 3.41. The van der Waals surface area contributed by atoms with E-state index in [0.717, 1.165) is 11.3 Å². The third-order valence-electron chi connectivity index (χ3n) is 3.41. The number of halogens is 1. The number of rotatable bonds is 4. The summed E-state index contributed by atoms with van der Waals surface area (Å²) in [4.78, 5) is 0. The van der Waals surface area contributed by atoms with Crippen molar-refractivity contribution in [3.8, 4) is 5.75 Å². The predicted octanol–water partition coefficient (Wildman–Crippen LogP) is 3.86. The lowest BCUT2D eigenvalue weighted by molar-refractivity contribution is 0.152. The van der Waals surface area contributed by atoms with E-state index in [1.165, 1.54) is 6.07 Å². The molecule has 3 aromatic rings. The Morgan fingerprint density at radius 3 is 2.76 bits per heavy atom. The molecule has 108 valence electrons. The molecule has 0 bridgehead atoms. The second kappa shape index (κ2) is 5.58. The first-order valence-electron chi connectivity index (χ1n) is 6.66. The lowest BCUT2D eigenvalue weighted by atomic mass is 10.1. The maximum Gasteiger partial charge on any atom is 0.170 e. The molecule has 0 amide bonds. The molecule has 1 unspecified atom stereocenters. The van der Waals surface area contributed by atoms with Gasteiger partial charge in [-0.25, -0.2) is 4.39 Å². The molecule has 0 saturated carbocycles. The van der Waals surface area contributed by atoms with E-state index in [4.69, 9.17) is 9.15 Å². The quantitative estimate of drug-likeness (QED) is 0.792. The first-order valence-corrected chi connectivity index (χ1v) is 6.66. The fourth-order valence-corrected chi connectivity index (χ4v) is 2.33. The summed E-state index contributed by atoms with van der Waals surface area (Å²) in [6, 6.07) is 13.8. The van der Waals surface area contributed by atoms with Crippen LogP contribution < -0.4 is 4.74 Å². The molecule has 0 radical (unpaired) electrons. The number of ether oxygens (including phenoxy) is 1. The van der Waals surface area contributed by atoms with E-state index in [2.05, 4.69) is 0 Å². The lowest BCUT2D eigenvalue weighted by Crippen LogP contribution is -2.00. The maximum atomic E-state index is 13.6. The average Bonchev–Trinajstić information content (AvgIpc) is 2.93.